The molecule has 0 radical (unpaired) electrons. The summed E-state index contributed by atoms with van der Waals surface area (Å²) in [5.41, 5.74) is 13.1. The van der Waals surface area contributed by atoms with Crippen LogP contribution in [0, 0.1) is 0 Å². The monoisotopic (exact) mass is 241 g/mol. The molecule has 0 aromatic carbocycles. The maximum atomic E-state index is 6.48. The Balaban J connectivity index is 3.94. The largest absolute Gasteiger partial charge is 0.389 e. The van der Waals surface area contributed by atoms with Crippen molar-refractivity contribution < 1.29 is 0 Å². The second-order valence-electron chi connectivity index (χ2n) is 5.17. The summed E-state index contributed by atoms with van der Waals surface area (Å²) in [5, 5.41) is 3.26. The third-order valence-corrected chi connectivity index (χ3v) is 3.19. The van der Waals surface area contributed by atoms with E-state index < -0.39 is 0 Å². The summed E-state index contributed by atoms with van der Waals surface area (Å²) in [6, 6.07) is 0. The lowest BCUT2D eigenvalue weighted by molar-refractivity contribution is 0.316. The van der Waals surface area contributed by atoms with Gasteiger partial charge in [-0.05, 0) is 45.6 Å². The lowest BCUT2D eigenvalue weighted by Crippen LogP contribution is -2.40. The van der Waals surface area contributed by atoms with Gasteiger partial charge in [0.2, 0.25) is 0 Å². The van der Waals surface area contributed by atoms with Gasteiger partial charge in [0, 0.05) is 17.8 Å². The summed E-state index contributed by atoms with van der Waals surface area (Å²) in [6.45, 7) is 9.75. The number of unbranched alkanes of at least 4 members (excludes halogenated alkanes) is 1. The number of hydrogen-bond donors (Lipinski definition) is 3. The van der Waals surface area contributed by atoms with Gasteiger partial charge in [0.25, 0.3) is 0 Å². The molecule has 0 heterocycles. The van der Waals surface area contributed by atoms with Crippen molar-refractivity contribution in [1.29, 1.82) is 0 Å². The molecule has 0 spiro atoms. The molecule has 102 valence electrons. The molecule has 1 unspecified atom stereocenters. The lowest BCUT2D eigenvalue weighted by atomic mass is 9.84. The zero-order valence-corrected chi connectivity index (χ0v) is 11.7. The van der Waals surface area contributed by atoms with Crippen molar-refractivity contribution in [3.63, 3.8) is 0 Å². The van der Waals surface area contributed by atoms with Crippen LogP contribution < -0.4 is 16.8 Å². The first-order valence-electron chi connectivity index (χ1n) is 6.92. The van der Waals surface area contributed by atoms with Gasteiger partial charge in [-0.1, -0.05) is 26.3 Å². The summed E-state index contributed by atoms with van der Waals surface area (Å²) < 4.78 is 0. The highest BCUT2D eigenvalue weighted by Crippen LogP contribution is 2.22. The average Bonchev–Trinajstić information content (AvgIpc) is 2.30. The SMILES string of the molecule is C=C(C)NCCCC(N)(CCCC)CCCN. The van der Waals surface area contributed by atoms with Gasteiger partial charge in [-0.3, -0.25) is 0 Å². The Morgan fingerprint density at radius 1 is 1.18 bits per heavy atom. The van der Waals surface area contributed by atoms with E-state index >= 15 is 0 Å². The molecule has 5 N–H and O–H groups in total. The van der Waals surface area contributed by atoms with Crippen LogP contribution in [0.25, 0.3) is 0 Å². The second-order valence-corrected chi connectivity index (χ2v) is 5.17. The molecular formula is C14H31N3. The Morgan fingerprint density at radius 2 is 1.76 bits per heavy atom. The number of nitrogens with two attached hydrogens (primary N) is 2. The molecule has 0 amide bonds. The standard InChI is InChI=1S/C14H31N3/c1-4-5-8-14(16,9-6-11-15)10-7-12-17-13(2)3/h17H,2,4-12,15-16H2,1,3H3. The number of rotatable bonds is 11. The number of nitrogens with one attached hydrogen (secondary N) is 1. The lowest BCUT2D eigenvalue weighted by Gasteiger charge is -2.30. The van der Waals surface area contributed by atoms with Crippen molar-refractivity contribution in [2.45, 2.75) is 64.3 Å². The first kappa shape index (κ1) is 16.5. The minimum absolute atomic E-state index is 0.00780. The zero-order valence-electron chi connectivity index (χ0n) is 11.7. The molecule has 0 aliphatic carbocycles. The van der Waals surface area contributed by atoms with Crippen LogP contribution in [0.2, 0.25) is 0 Å². The number of allylic oxidation sites excluding steroid dienone is 1. The Hall–Kier alpha value is -0.540. The van der Waals surface area contributed by atoms with Crippen LogP contribution in [0.4, 0.5) is 0 Å². The minimum Gasteiger partial charge on any atom is -0.389 e. The van der Waals surface area contributed by atoms with Crippen molar-refractivity contribution in [3.8, 4) is 0 Å². The highest BCUT2D eigenvalue weighted by atomic mass is 14.9. The predicted octanol–water partition coefficient (Wildman–Crippen LogP) is 2.52. The predicted molar refractivity (Wildman–Crippen MR) is 76.8 cm³/mol. The molecule has 0 aromatic heterocycles. The summed E-state index contributed by atoms with van der Waals surface area (Å²) >= 11 is 0. The van der Waals surface area contributed by atoms with E-state index in [-0.39, 0.29) is 5.54 Å². The van der Waals surface area contributed by atoms with Crippen LogP contribution in [0.15, 0.2) is 12.3 Å². The average molecular weight is 241 g/mol. The van der Waals surface area contributed by atoms with E-state index in [1.807, 2.05) is 6.92 Å². The van der Waals surface area contributed by atoms with Crippen LogP contribution in [0.5, 0.6) is 0 Å². The fourth-order valence-electron chi connectivity index (χ4n) is 2.10. The first-order chi connectivity index (χ1) is 8.04. The quantitative estimate of drug-likeness (QED) is 0.487. The van der Waals surface area contributed by atoms with E-state index in [0.717, 1.165) is 50.9 Å². The second kappa shape index (κ2) is 9.49. The smallest absolute Gasteiger partial charge is 0.0155 e. The van der Waals surface area contributed by atoms with Gasteiger partial charge in [-0.25, -0.2) is 0 Å². The van der Waals surface area contributed by atoms with Gasteiger partial charge >= 0.3 is 0 Å². The van der Waals surface area contributed by atoms with Crippen LogP contribution in [-0.4, -0.2) is 18.6 Å². The summed E-state index contributed by atoms with van der Waals surface area (Å²) in [4.78, 5) is 0. The molecule has 0 bridgehead atoms. The topological polar surface area (TPSA) is 64.1 Å². The highest BCUT2D eigenvalue weighted by molar-refractivity contribution is 4.87. The van der Waals surface area contributed by atoms with Gasteiger partial charge in [-0.15, -0.1) is 0 Å². The molecule has 3 heteroatoms. The van der Waals surface area contributed by atoms with Crippen LogP contribution >= 0.6 is 0 Å². The summed E-state index contributed by atoms with van der Waals surface area (Å²) in [6.07, 6.45) is 7.83. The van der Waals surface area contributed by atoms with Crippen molar-refractivity contribution in [2.75, 3.05) is 13.1 Å². The Labute approximate surface area is 107 Å². The minimum atomic E-state index is -0.00780. The van der Waals surface area contributed by atoms with E-state index in [1.54, 1.807) is 0 Å². The molecule has 0 fully saturated rings. The fraction of sp³-hybridized carbons (Fsp3) is 0.857. The van der Waals surface area contributed by atoms with Crippen LogP contribution in [0.3, 0.4) is 0 Å². The van der Waals surface area contributed by atoms with Crippen molar-refractivity contribution in [1.82, 2.24) is 5.32 Å². The van der Waals surface area contributed by atoms with Crippen molar-refractivity contribution in [2.24, 2.45) is 11.5 Å². The Morgan fingerprint density at radius 3 is 2.29 bits per heavy atom. The Bertz CT molecular complexity index is 194. The molecule has 0 saturated heterocycles. The van der Waals surface area contributed by atoms with Crippen LogP contribution in [-0.2, 0) is 0 Å². The molecule has 1 atom stereocenters. The Kier molecular flexibility index (Phi) is 9.18. The molecular weight excluding hydrogens is 210 g/mol. The van der Waals surface area contributed by atoms with E-state index in [9.17, 15) is 0 Å². The fourth-order valence-corrected chi connectivity index (χ4v) is 2.10. The molecule has 0 rings (SSSR count). The van der Waals surface area contributed by atoms with E-state index in [4.69, 9.17) is 11.5 Å². The number of hydrogen-bond acceptors (Lipinski definition) is 3. The summed E-state index contributed by atoms with van der Waals surface area (Å²) in [7, 11) is 0. The first-order valence-corrected chi connectivity index (χ1v) is 6.92. The van der Waals surface area contributed by atoms with E-state index in [2.05, 4.69) is 18.8 Å². The van der Waals surface area contributed by atoms with Gasteiger partial charge in [0.1, 0.15) is 0 Å². The van der Waals surface area contributed by atoms with Gasteiger partial charge in [0.15, 0.2) is 0 Å². The highest BCUT2D eigenvalue weighted by Gasteiger charge is 2.22. The van der Waals surface area contributed by atoms with E-state index in [1.165, 1.54) is 12.8 Å². The molecule has 17 heavy (non-hydrogen) atoms. The van der Waals surface area contributed by atoms with Crippen molar-refractivity contribution in [3.05, 3.63) is 12.3 Å². The maximum Gasteiger partial charge on any atom is 0.0155 e. The summed E-state index contributed by atoms with van der Waals surface area (Å²) in [5.74, 6) is 0. The van der Waals surface area contributed by atoms with Crippen LogP contribution in [0.1, 0.15) is 58.8 Å². The van der Waals surface area contributed by atoms with Gasteiger partial charge < -0.3 is 16.8 Å². The van der Waals surface area contributed by atoms with Gasteiger partial charge in [0.05, 0.1) is 0 Å². The van der Waals surface area contributed by atoms with Crippen molar-refractivity contribution >= 4 is 0 Å². The molecule has 3 nitrogen and oxygen atoms in total. The maximum absolute atomic E-state index is 6.48. The zero-order chi connectivity index (χ0) is 13.1. The normalized spacial score (nSPS) is 14.4. The third-order valence-electron chi connectivity index (χ3n) is 3.19. The molecule has 0 aromatic rings. The van der Waals surface area contributed by atoms with Gasteiger partial charge in [-0.2, -0.15) is 0 Å². The molecule has 0 aliphatic rings. The third kappa shape index (κ3) is 9.19. The molecule has 0 saturated carbocycles. The molecule has 0 aliphatic heterocycles. The van der Waals surface area contributed by atoms with E-state index in [0.29, 0.717) is 0 Å².